The lowest BCUT2D eigenvalue weighted by Crippen LogP contribution is -2.40. The van der Waals surface area contributed by atoms with Gasteiger partial charge in [0, 0.05) is 11.9 Å². The Kier molecular flexibility index (Phi) is 6.98. The molecule has 0 aliphatic rings. The maximum atomic E-state index is 12.3. The first-order valence-corrected chi connectivity index (χ1v) is 10.7. The molecule has 0 saturated heterocycles. The lowest BCUT2D eigenvalue weighted by molar-refractivity contribution is -0.125. The van der Waals surface area contributed by atoms with Crippen molar-refractivity contribution in [3.8, 4) is 0 Å². The number of amides is 1. The molecule has 0 spiro atoms. The number of para-hydroxylation sites is 1. The molecule has 0 fully saturated rings. The second kappa shape index (κ2) is 9.65. The number of fused-ring (bicyclic) bond motifs is 3. The number of carbonyl (C=O) groups is 2. The molecule has 0 saturated carbocycles. The van der Waals surface area contributed by atoms with Crippen LogP contribution < -0.4 is 5.32 Å². The summed E-state index contributed by atoms with van der Waals surface area (Å²) in [7, 11) is 0. The quantitative estimate of drug-likeness (QED) is 0.405. The number of hydrogen-bond acceptors (Lipinski definition) is 6. The zero-order valence-corrected chi connectivity index (χ0v) is 17.5. The molecule has 8 heteroatoms. The maximum absolute atomic E-state index is 12.3. The first-order chi connectivity index (χ1) is 14.0. The molecule has 7 nitrogen and oxygen atoms in total. The Morgan fingerprint density at radius 3 is 2.83 bits per heavy atom. The molecule has 2 aromatic heterocycles. The first-order valence-electron chi connectivity index (χ1n) is 9.70. The van der Waals surface area contributed by atoms with E-state index in [1.54, 1.807) is 0 Å². The smallest absolute Gasteiger partial charge is 0.231 e. The van der Waals surface area contributed by atoms with E-state index in [0.717, 1.165) is 29.3 Å². The number of nitrogens with one attached hydrogen (secondary N) is 1. The monoisotopic (exact) mass is 411 g/mol. The van der Waals surface area contributed by atoms with Gasteiger partial charge in [-0.15, -0.1) is 16.8 Å². The summed E-state index contributed by atoms with van der Waals surface area (Å²) < 4.78 is 2.03. The zero-order valence-electron chi connectivity index (χ0n) is 16.7. The summed E-state index contributed by atoms with van der Waals surface area (Å²) in [6.07, 6.45) is 4.35. The van der Waals surface area contributed by atoms with E-state index < -0.39 is 6.04 Å². The van der Waals surface area contributed by atoms with Crippen LogP contribution in [-0.2, 0) is 16.1 Å². The highest BCUT2D eigenvalue weighted by Crippen LogP contribution is 2.27. The number of carbonyl (C=O) groups excluding carboxylic acids is 2. The molecule has 1 atom stereocenters. The van der Waals surface area contributed by atoms with Crippen molar-refractivity contribution in [1.29, 1.82) is 0 Å². The average molecular weight is 412 g/mol. The van der Waals surface area contributed by atoms with Gasteiger partial charge in [-0.1, -0.05) is 55.8 Å². The van der Waals surface area contributed by atoms with Crippen LogP contribution in [0.1, 0.15) is 33.1 Å². The fraction of sp³-hybridized carbons (Fsp3) is 0.381. The molecule has 3 aromatic rings. The van der Waals surface area contributed by atoms with Crippen LogP contribution in [0.25, 0.3) is 22.1 Å². The Morgan fingerprint density at radius 2 is 2.10 bits per heavy atom. The predicted octanol–water partition coefficient (Wildman–Crippen LogP) is 3.52. The van der Waals surface area contributed by atoms with Gasteiger partial charge < -0.3 is 9.88 Å². The highest BCUT2D eigenvalue weighted by Gasteiger charge is 2.18. The highest BCUT2D eigenvalue weighted by atomic mass is 32.2. The number of unbranched alkanes of at least 4 members (excludes halogenated alkanes) is 1. The summed E-state index contributed by atoms with van der Waals surface area (Å²) >= 11 is 1.21. The average Bonchev–Trinajstić information content (AvgIpc) is 3.03. The summed E-state index contributed by atoms with van der Waals surface area (Å²) in [6, 6.07) is 7.50. The predicted molar refractivity (Wildman–Crippen MR) is 116 cm³/mol. The Labute approximate surface area is 174 Å². The van der Waals surface area contributed by atoms with E-state index in [1.165, 1.54) is 18.7 Å². The van der Waals surface area contributed by atoms with Gasteiger partial charge in [0.25, 0.3) is 0 Å². The third-order valence-corrected chi connectivity index (χ3v) is 5.51. The minimum Gasteiger partial charge on any atom is -0.346 e. The van der Waals surface area contributed by atoms with Crippen molar-refractivity contribution in [3.05, 3.63) is 36.9 Å². The zero-order chi connectivity index (χ0) is 20.8. The molecule has 0 radical (unpaired) electrons. The lowest BCUT2D eigenvalue weighted by atomic mass is 10.1. The van der Waals surface area contributed by atoms with Crippen LogP contribution in [0.4, 0.5) is 0 Å². The molecule has 0 aliphatic heterocycles. The Bertz CT molecular complexity index is 1050. The lowest BCUT2D eigenvalue weighted by Gasteiger charge is -2.15. The third-order valence-electron chi connectivity index (χ3n) is 4.67. The minimum absolute atomic E-state index is 0.0231. The van der Waals surface area contributed by atoms with Crippen LogP contribution in [0.2, 0.25) is 0 Å². The molecule has 0 aliphatic carbocycles. The van der Waals surface area contributed by atoms with Crippen molar-refractivity contribution in [1.82, 2.24) is 25.1 Å². The van der Waals surface area contributed by atoms with E-state index in [2.05, 4.69) is 34.0 Å². The molecular weight excluding hydrogens is 386 g/mol. The van der Waals surface area contributed by atoms with Crippen LogP contribution in [-0.4, -0.2) is 43.2 Å². The van der Waals surface area contributed by atoms with Crippen molar-refractivity contribution in [2.45, 2.75) is 50.9 Å². The van der Waals surface area contributed by atoms with Crippen molar-refractivity contribution >= 4 is 45.5 Å². The van der Waals surface area contributed by atoms with Crippen molar-refractivity contribution in [2.75, 3.05) is 5.75 Å². The van der Waals surface area contributed by atoms with E-state index >= 15 is 0 Å². The number of thioether (sulfide) groups is 1. The maximum Gasteiger partial charge on any atom is 0.231 e. The summed E-state index contributed by atoms with van der Waals surface area (Å²) in [6.45, 7) is 7.99. The molecule has 3 rings (SSSR count). The van der Waals surface area contributed by atoms with Crippen molar-refractivity contribution in [3.63, 3.8) is 0 Å². The summed E-state index contributed by atoms with van der Waals surface area (Å²) in [5.74, 6) is -0.100. The summed E-state index contributed by atoms with van der Waals surface area (Å²) in [4.78, 5) is 28.6. The molecule has 1 unspecified atom stereocenters. The van der Waals surface area contributed by atoms with Crippen molar-refractivity contribution < 1.29 is 9.59 Å². The van der Waals surface area contributed by atoms with Crippen LogP contribution in [0, 0.1) is 0 Å². The largest absolute Gasteiger partial charge is 0.346 e. The SMILES string of the molecule is C=CCn1c2ccccc2c2nnc(SCC(=O)NC(CCCC)C(C)=O)nc21. The number of nitrogens with zero attached hydrogens (tertiary/aromatic N) is 4. The van der Waals surface area contributed by atoms with Crippen molar-refractivity contribution in [2.24, 2.45) is 0 Å². The van der Waals surface area contributed by atoms with E-state index in [9.17, 15) is 9.59 Å². The molecule has 29 heavy (non-hydrogen) atoms. The van der Waals surface area contributed by atoms with Gasteiger partial charge in [0.2, 0.25) is 11.1 Å². The summed E-state index contributed by atoms with van der Waals surface area (Å²) in [5, 5.41) is 12.7. The van der Waals surface area contributed by atoms with E-state index in [-0.39, 0.29) is 17.4 Å². The minimum atomic E-state index is -0.431. The normalized spacial score (nSPS) is 12.2. The van der Waals surface area contributed by atoms with Gasteiger partial charge in [-0.05, 0) is 19.4 Å². The highest BCUT2D eigenvalue weighted by molar-refractivity contribution is 7.99. The number of Topliss-reactive ketones (excluding diaryl/α,β-unsaturated/α-hetero) is 1. The topological polar surface area (TPSA) is 89.8 Å². The molecule has 1 amide bonds. The molecule has 1 N–H and O–H groups in total. The first kappa shape index (κ1) is 21.0. The van der Waals surface area contributed by atoms with Gasteiger partial charge in [-0.3, -0.25) is 9.59 Å². The Hall–Kier alpha value is -2.74. The van der Waals surface area contributed by atoms with Gasteiger partial charge in [0.1, 0.15) is 5.52 Å². The van der Waals surface area contributed by atoms with Gasteiger partial charge in [-0.2, -0.15) is 0 Å². The standard InChI is InChI=1S/C21H25N5O2S/c1-4-6-10-16(14(3)27)22-18(28)13-29-21-23-20-19(24-25-21)15-9-7-8-11-17(15)26(20)12-5-2/h5,7-9,11,16H,2,4,6,10,12-13H2,1,3H3,(H,22,28). The summed E-state index contributed by atoms with van der Waals surface area (Å²) in [5.41, 5.74) is 2.46. The van der Waals surface area contributed by atoms with Crippen LogP contribution >= 0.6 is 11.8 Å². The molecule has 152 valence electrons. The molecule has 1 aromatic carbocycles. The number of ketones is 1. The fourth-order valence-corrected chi connectivity index (χ4v) is 3.81. The van der Waals surface area contributed by atoms with E-state index in [0.29, 0.717) is 23.8 Å². The van der Waals surface area contributed by atoms with Gasteiger partial charge in [-0.25, -0.2) is 4.98 Å². The molecule has 0 bridgehead atoms. The molecule has 2 heterocycles. The second-order valence-electron chi connectivity index (χ2n) is 6.84. The fourth-order valence-electron chi connectivity index (χ4n) is 3.22. The Morgan fingerprint density at radius 1 is 1.31 bits per heavy atom. The Balaban J connectivity index is 1.76. The number of rotatable bonds is 10. The van der Waals surface area contributed by atoms with Gasteiger partial charge >= 0.3 is 0 Å². The van der Waals surface area contributed by atoms with Crippen LogP contribution in [0.15, 0.2) is 42.1 Å². The number of allylic oxidation sites excluding steroid dienone is 1. The number of hydrogen-bond donors (Lipinski definition) is 1. The second-order valence-corrected chi connectivity index (χ2v) is 7.79. The number of aromatic nitrogens is 4. The molecular formula is C21H25N5O2S. The third kappa shape index (κ3) is 4.82. The van der Waals surface area contributed by atoms with E-state index in [4.69, 9.17) is 0 Å². The van der Waals surface area contributed by atoms with Gasteiger partial charge in [0.15, 0.2) is 11.4 Å². The number of benzene rings is 1. The van der Waals surface area contributed by atoms with Gasteiger partial charge in [0.05, 0.1) is 17.3 Å². The van der Waals surface area contributed by atoms with E-state index in [1.807, 2.05) is 34.9 Å². The van der Waals surface area contributed by atoms with Crippen LogP contribution in [0.5, 0.6) is 0 Å². The van der Waals surface area contributed by atoms with Crippen LogP contribution in [0.3, 0.4) is 0 Å².